The average Bonchev–Trinajstić information content (AvgIpc) is 3.40. The molecule has 1 unspecified atom stereocenters. The predicted molar refractivity (Wildman–Crippen MR) is 87.7 cm³/mol. The number of hydrogen-bond acceptors (Lipinski definition) is 5. The zero-order valence-electron chi connectivity index (χ0n) is 14.1. The topological polar surface area (TPSA) is 74.7 Å². The molecular formula is C17H23F2N3O3. The third kappa shape index (κ3) is 4.64. The Balaban J connectivity index is 1.50. The first-order chi connectivity index (χ1) is 11.8. The number of carbonyl (C=O) groups is 1. The number of β-amino-alcohol motifs (C(OH)–C–C–N with tert-alkyl or cyclic N) is 1. The molecule has 2 heterocycles. The third-order valence-corrected chi connectivity index (χ3v) is 4.72. The Labute approximate surface area is 145 Å². The molecule has 2 N–H and O–H groups in total. The maximum Gasteiger partial charge on any atom is 0.275 e. The number of rotatable bonds is 6. The van der Waals surface area contributed by atoms with Gasteiger partial charge in [0.15, 0.2) is 0 Å². The summed E-state index contributed by atoms with van der Waals surface area (Å²) in [5.41, 5.74) is 0. The van der Waals surface area contributed by atoms with E-state index < -0.39 is 24.5 Å². The van der Waals surface area contributed by atoms with Gasteiger partial charge >= 0.3 is 0 Å². The molecule has 1 saturated heterocycles. The van der Waals surface area contributed by atoms with Crippen LogP contribution in [0.25, 0.3) is 0 Å². The lowest BCUT2D eigenvalue weighted by Crippen LogP contribution is -2.55. The van der Waals surface area contributed by atoms with Crippen LogP contribution in [0.3, 0.4) is 0 Å². The summed E-state index contributed by atoms with van der Waals surface area (Å²) in [6.45, 7) is 2.13. The fourth-order valence-electron chi connectivity index (χ4n) is 2.69. The number of anilines is 1. The van der Waals surface area contributed by atoms with Gasteiger partial charge in [0, 0.05) is 19.5 Å². The fourth-order valence-corrected chi connectivity index (χ4v) is 2.69. The normalized spacial score (nSPS) is 24.6. The number of amides is 1. The third-order valence-electron chi connectivity index (χ3n) is 4.72. The van der Waals surface area contributed by atoms with Crippen molar-refractivity contribution in [3.05, 3.63) is 18.3 Å². The number of aliphatic hydroxyl groups is 1. The molecule has 0 bridgehead atoms. The highest BCUT2D eigenvalue weighted by Gasteiger charge is 2.44. The molecule has 8 heteroatoms. The van der Waals surface area contributed by atoms with Crippen molar-refractivity contribution in [2.24, 2.45) is 5.92 Å². The largest absolute Gasteiger partial charge is 0.492 e. The lowest BCUT2D eigenvalue weighted by molar-refractivity contribution is -0.155. The number of piperidine rings is 1. The Kier molecular flexibility index (Phi) is 5.19. The lowest BCUT2D eigenvalue weighted by Gasteiger charge is -2.38. The van der Waals surface area contributed by atoms with Gasteiger partial charge in [-0.2, -0.15) is 0 Å². The predicted octanol–water partition coefficient (Wildman–Crippen LogP) is 1.90. The molecule has 1 aliphatic carbocycles. The van der Waals surface area contributed by atoms with E-state index in [1.165, 1.54) is 12.8 Å². The number of nitrogens with zero attached hydrogens (tertiary/aromatic N) is 2. The van der Waals surface area contributed by atoms with E-state index in [0.717, 1.165) is 0 Å². The number of halogens is 2. The van der Waals surface area contributed by atoms with E-state index in [2.05, 4.69) is 10.3 Å². The van der Waals surface area contributed by atoms with Gasteiger partial charge in [-0.15, -0.1) is 0 Å². The van der Waals surface area contributed by atoms with Gasteiger partial charge in [-0.25, -0.2) is 13.8 Å². The SMILES string of the molecule is C[C@@H](C(=O)Nc1ccc(OCC2CC2)cn1)N1CCC(F)(F)C(O)C1. The van der Waals surface area contributed by atoms with Crippen molar-refractivity contribution >= 4 is 11.7 Å². The van der Waals surface area contributed by atoms with Gasteiger partial charge in [-0.3, -0.25) is 9.69 Å². The molecule has 1 aliphatic heterocycles. The molecule has 138 valence electrons. The van der Waals surface area contributed by atoms with Crippen LogP contribution < -0.4 is 10.1 Å². The minimum atomic E-state index is -3.09. The Hall–Kier alpha value is -1.80. The molecule has 25 heavy (non-hydrogen) atoms. The number of pyridine rings is 1. The molecule has 1 amide bonds. The van der Waals surface area contributed by atoms with Gasteiger partial charge in [0.1, 0.15) is 17.7 Å². The van der Waals surface area contributed by atoms with Crippen LogP contribution in [0, 0.1) is 5.92 Å². The lowest BCUT2D eigenvalue weighted by atomic mass is 10.0. The van der Waals surface area contributed by atoms with Crippen LogP contribution in [0.4, 0.5) is 14.6 Å². The number of hydrogen-bond donors (Lipinski definition) is 2. The monoisotopic (exact) mass is 355 g/mol. The van der Waals surface area contributed by atoms with Crippen molar-refractivity contribution in [2.75, 3.05) is 25.0 Å². The van der Waals surface area contributed by atoms with E-state index in [1.54, 1.807) is 30.2 Å². The van der Waals surface area contributed by atoms with E-state index in [-0.39, 0.29) is 19.0 Å². The minimum Gasteiger partial charge on any atom is -0.492 e. The Morgan fingerprint density at radius 1 is 1.52 bits per heavy atom. The van der Waals surface area contributed by atoms with Gasteiger partial charge in [-0.05, 0) is 37.8 Å². The molecule has 6 nitrogen and oxygen atoms in total. The molecule has 1 aromatic rings. The highest BCUT2D eigenvalue weighted by atomic mass is 19.3. The first-order valence-corrected chi connectivity index (χ1v) is 8.55. The number of nitrogens with one attached hydrogen (secondary N) is 1. The van der Waals surface area contributed by atoms with Gasteiger partial charge in [0.25, 0.3) is 5.92 Å². The van der Waals surface area contributed by atoms with E-state index in [9.17, 15) is 18.7 Å². The number of carbonyl (C=O) groups excluding carboxylic acids is 1. The minimum absolute atomic E-state index is 0.0556. The molecule has 1 saturated carbocycles. The number of ether oxygens (including phenoxy) is 1. The van der Waals surface area contributed by atoms with Crippen molar-refractivity contribution in [1.29, 1.82) is 0 Å². The number of likely N-dealkylation sites (tertiary alicyclic amines) is 1. The van der Waals surface area contributed by atoms with E-state index in [4.69, 9.17) is 4.74 Å². The van der Waals surface area contributed by atoms with Crippen LogP contribution >= 0.6 is 0 Å². The van der Waals surface area contributed by atoms with Crippen LogP contribution in [-0.4, -0.2) is 58.7 Å². The summed E-state index contributed by atoms with van der Waals surface area (Å²) in [6, 6.07) is 2.74. The zero-order valence-corrected chi connectivity index (χ0v) is 14.1. The molecule has 1 aromatic heterocycles. The summed E-state index contributed by atoms with van der Waals surface area (Å²) in [7, 11) is 0. The smallest absolute Gasteiger partial charge is 0.275 e. The van der Waals surface area contributed by atoms with Crippen molar-refractivity contribution in [3.8, 4) is 5.75 Å². The Bertz CT molecular complexity index is 608. The molecule has 2 fully saturated rings. The summed E-state index contributed by atoms with van der Waals surface area (Å²) >= 11 is 0. The van der Waals surface area contributed by atoms with Gasteiger partial charge in [0.2, 0.25) is 5.91 Å². The quantitative estimate of drug-likeness (QED) is 0.815. The van der Waals surface area contributed by atoms with Gasteiger partial charge in [0.05, 0.1) is 18.8 Å². The maximum absolute atomic E-state index is 13.3. The second-order valence-electron chi connectivity index (χ2n) is 6.82. The summed E-state index contributed by atoms with van der Waals surface area (Å²) in [6.07, 6.45) is 1.75. The van der Waals surface area contributed by atoms with Crippen molar-refractivity contribution in [1.82, 2.24) is 9.88 Å². The highest BCUT2D eigenvalue weighted by molar-refractivity contribution is 5.93. The molecular weight excluding hydrogens is 332 g/mol. The van der Waals surface area contributed by atoms with Gasteiger partial charge in [-0.1, -0.05) is 0 Å². The van der Waals surface area contributed by atoms with Crippen molar-refractivity contribution in [3.63, 3.8) is 0 Å². The Morgan fingerprint density at radius 3 is 2.88 bits per heavy atom. The highest BCUT2D eigenvalue weighted by Crippen LogP contribution is 2.30. The summed E-state index contributed by atoms with van der Waals surface area (Å²) in [5, 5.41) is 12.2. The second kappa shape index (κ2) is 7.21. The van der Waals surface area contributed by atoms with Crippen molar-refractivity contribution in [2.45, 2.75) is 44.3 Å². The molecule has 3 rings (SSSR count). The van der Waals surface area contributed by atoms with Crippen LogP contribution in [-0.2, 0) is 4.79 Å². The average molecular weight is 355 g/mol. The molecule has 0 spiro atoms. The first kappa shape index (κ1) is 18.0. The van der Waals surface area contributed by atoms with Crippen LogP contribution in [0.2, 0.25) is 0 Å². The van der Waals surface area contributed by atoms with Gasteiger partial charge < -0.3 is 15.2 Å². The van der Waals surface area contributed by atoms with Crippen LogP contribution in [0.1, 0.15) is 26.2 Å². The van der Waals surface area contributed by atoms with E-state index in [1.807, 2.05) is 0 Å². The van der Waals surface area contributed by atoms with E-state index >= 15 is 0 Å². The number of alkyl halides is 2. The summed E-state index contributed by atoms with van der Waals surface area (Å²) < 4.78 is 32.3. The number of aromatic nitrogens is 1. The summed E-state index contributed by atoms with van der Waals surface area (Å²) in [5.74, 6) is -1.77. The maximum atomic E-state index is 13.3. The van der Waals surface area contributed by atoms with Crippen molar-refractivity contribution < 1.29 is 23.4 Å². The molecule has 0 aromatic carbocycles. The standard InChI is InChI=1S/C17H23F2N3O3/c1-11(22-7-6-17(18,19)14(23)9-22)16(24)21-15-5-4-13(8-20-15)25-10-12-2-3-12/h4-5,8,11-12,14,23H,2-3,6-7,9-10H2,1H3,(H,20,21,24)/t11-,14?/m0/s1. The van der Waals surface area contributed by atoms with Crippen LogP contribution in [0.15, 0.2) is 18.3 Å². The zero-order chi connectivity index (χ0) is 18.0. The first-order valence-electron chi connectivity index (χ1n) is 8.55. The number of aliphatic hydroxyl groups excluding tert-OH is 1. The van der Waals surface area contributed by atoms with E-state index in [0.29, 0.717) is 24.1 Å². The molecule has 0 radical (unpaired) electrons. The summed E-state index contributed by atoms with van der Waals surface area (Å²) in [4.78, 5) is 18.0. The molecule has 2 aliphatic rings. The van der Waals surface area contributed by atoms with Crippen LogP contribution in [0.5, 0.6) is 5.75 Å². The molecule has 2 atom stereocenters. The second-order valence-corrected chi connectivity index (χ2v) is 6.82. The fraction of sp³-hybridized carbons (Fsp3) is 0.647. The Morgan fingerprint density at radius 2 is 2.28 bits per heavy atom.